The van der Waals surface area contributed by atoms with E-state index in [4.69, 9.17) is 9.47 Å². The zero-order valence-corrected chi connectivity index (χ0v) is 19.6. The maximum atomic E-state index is 6.15. The molecule has 168 valence electrons. The van der Waals surface area contributed by atoms with Crippen LogP contribution in [0.2, 0.25) is 0 Å². The Bertz CT molecular complexity index is 868. The summed E-state index contributed by atoms with van der Waals surface area (Å²) in [6.45, 7) is 4.49. The lowest BCUT2D eigenvalue weighted by atomic mass is 9.91. The molecule has 0 aromatic heterocycles. The molecule has 0 bridgehead atoms. The minimum absolute atomic E-state index is 0.215. The number of benzene rings is 2. The number of hydrogen-bond donors (Lipinski definition) is 0. The molecule has 0 radical (unpaired) electrons. The molecule has 2 atom stereocenters. The van der Waals surface area contributed by atoms with Gasteiger partial charge in [0, 0.05) is 0 Å². The third kappa shape index (κ3) is 5.73. The Morgan fingerprint density at radius 1 is 0.656 bits per heavy atom. The predicted octanol–water partition coefficient (Wildman–Crippen LogP) is 8.39. The Morgan fingerprint density at radius 2 is 1.06 bits per heavy atom. The molecule has 0 aliphatic heterocycles. The summed E-state index contributed by atoms with van der Waals surface area (Å²) in [5, 5.41) is 0. The van der Waals surface area contributed by atoms with Gasteiger partial charge in [0.25, 0.3) is 0 Å². The van der Waals surface area contributed by atoms with Crippen LogP contribution in [0.5, 0.6) is 11.5 Å². The lowest BCUT2D eigenvalue weighted by Crippen LogP contribution is -2.15. The molecular formula is C30H36O2. The average Bonchev–Trinajstić information content (AvgIpc) is 2.85. The predicted molar refractivity (Wildman–Crippen MR) is 135 cm³/mol. The van der Waals surface area contributed by atoms with Crippen molar-refractivity contribution >= 4 is 11.1 Å². The molecule has 2 nitrogen and oxygen atoms in total. The second kappa shape index (κ2) is 11.2. The lowest BCUT2D eigenvalue weighted by molar-refractivity contribution is 0.229. The van der Waals surface area contributed by atoms with Gasteiger partial charge in [-0.2, -0.15) is 0 Å². The fraction of sp³-hybridized carbons (Fsp3) is 0.400. The Labute approximate surface area is 193 Å². The summed E-state index contributed by atoms with van der Waals surface area (Å²) in [6, 6.07) is 17.3. The molecule has 0 saturated carbocycles. The van der Waals surface area contributed by atoms with Crippen molar-refractivity contribution < 1.29 is 9.47 Å². The van der Waals surface area contributed by atoms with Crippen molar-refractivity contribution in [2.24, 2.45) is 0 Å². The van der Waals surface area contributed by atoms with Gasteiger partial charge in [-0.25, -0.2) is 0 Å². The van der Waals surface area contributed by atoms with Gasteiger partial charge in [0.15, 0.2) is 0 Å². The first-order valence-electron chi connectivity index (χ1n) is 12.4. The Hall–Kier alpha value is -2.74. The molecule has 4 rings (SSSR count). The van der Waals surface area contributed by atoms with Crippen molar-refractivity contribution in [2.45, 2.75) is 77.4 Å². The Morgan fingerprint density at radius 3 is 1.38 bits per heavy atom. The summed E-state index contributed by atoms with van der Waals surface area (Å²) in [5.74, 6) is 1.91. The molecule has 2 aliphatic carbocycles. The minimum atomic E-state index is 0.215. The molecule has 0 unspecified atom stereocenters. The first-order valence-corrected chi connectivity index (χ1v) is 12.4. The van der Waals surface area contributed by atoms with E-state index in [2.05, 4.69) is 86.7 Å². The quantitative estimate of drug-likeness (QED) is 0.310. The molecule has 2 aromatic carbocycles. The lowest BCUT2D eigenvalue weighted by Gasteiger charge is -2.20. The van der Waals surface area contributed by atoms with E-state index in [1.807, 2.05) is 0 Å². The fourth-order valence-corrected chi connectivity index (χ4v) is 4.76. The largest absolute Gasteiger partial charge is 0.486 e. The van der Waals surface area contributed by atoms with Crippen LogP contribution in [0.15, 0.2) is 72.8 Å². The SMILES string of the molecule is CC/C(=C(\CC)c1ccc(O[C@H]2C=CCCC2)cc1)c1ccc(O[C@@H]2C=CCCC2)cc1. The summed E-state index contributed by atoms with van der Waals surface area (Å²) in [7, 11) is 0. The van der Waals surface area contributed by atoms with E-state index in [-0.39, 0.29) is 12.2 Å². The van der Waals surface area contributed by atoms with E-state index in [0.717, 1.165) is 37.2 Å². The standard InChI is InChI=1S/C30H36O2/c1-3-29(23-15-19-27(20-16-23)31-25-11-7-5-8-12-25)30(4-2)24-17-21-28(22-18-24)32-26-13-9-6-10-14-26/h7,9,11,13,15-22,25-26H,3-6,8,10,12,14H2,1-2H3/b30-29-/t25-,26+. The third-order valence-electron chi connectivity index (χ3n) is 6.47. The highest BCUT2D eigenvalue weighted by Gasteiger charge is 2.13. The van der Waals surface area contributed by atoms with E-state index in [1.54, 1.807) is 0 Å². The van der Waals surface area contributed by atoms with Gasteiger partial charge in [-0.1, -0.05) is 50.3 Å². The van der Waals surface area contributed by atoms with Crippen LogP contribution in [0.25, 0.3) is 11.1 Å². The highest BCUT2D eigenvalue weighted by molar-refractivity contribution is 5.90. The van der Waals surface area contributed by atoms with Crippen molar-refractivity contribution in [2.75, 3.05) is 0 Å². The second-order valence-electron chi connectivity index (χ2n) is 8.74. The summed E-state index contributed by atoms with van der Waals surface area (Å²) >= 11 is 0. The number of allylic oxidation sites excluding steroid dienone is 4. The van der Waals surface area contributed by atoms with Gasteiger partial charge in [-0.05, 0) is 110 Å². The van der Waals surface area contributed by atoms with Crippen LogP contribution in [0, 0.1) is 0 Å². The highest BCUT2D eigenvalue weighted by atomic mass is 16.5. The first-order chi connectivity index (χ1) is 15.8. The summed E-state index contributed by atoms with van der Waals surface area (Å²) in [6.07, 6.45) is 18.3. The monoisotopic (exact) mass is 428 g/mol. The molecule has 2 aliphatic rings. The summed E-state index contributed by atoms with van der Waals surface area (Å²) < 4.78 is 12.3. The minimum Gasteiger partial charge on any atom is -0.486 e. The second-order valence-corrected chi connectivity index (χ2v) is 8.74. The molecule has 0 spiro atoms. The smallest absolute Gasteiger partial charge is 0.120 e. The molecule has 0 amide bonds. The molecular weight excluding hydrogens is 392 g/mol. The third-order valence-corrected chi connectivity index (χ3v) is 6.47. The zero-order valence-electron chi connectivity index (χ0n) is 19.6. The topological polar surface area (TPSA) is 18.5 Å². The van der Waals surface area contributed by atoms with Crippen LogP contribution in [-0.4, -0.2) is 12.2 Å². The summed E-state index contributed by atoms with van der Waals surface area (Å²) in [5.41, 5.74) is 5.37. The van der Waals surface area contributed by atoms with Crippen molar-refractivity contribution in [1.82, 2.24) is 0 Å². The number of rotatable bonds is 8. The van der Waals surface area contributed by atoms with Crippen molar-refractivity contribution in [3.63, 3.8) is 0 Å². The number of hydrogen-bond acceptors (Lipinski definition) is 2. The van der Waals surface area contributed by atoms with Gasteiger partial charge in [-0.15, -0.1) is 0 Å². The highest BCUT2D eigenvalue weighted by Crippen LogP contribution is 2.33. The van der Waals surface area contributed by atoms with Crippen molar-refractivity contribution in [3.05, 3.63) is 84.0 Å². The molecule has 0 saturated heterocycles. The van der Waals surface area contributed by atoms with Gasteiger partial charge in [0.1, 0.15) is 23.7 Å². The van der Waals surface area contributed by atoms with Gasteiger partial charge >= 0.3 is 0 Å². The van der Waals surface area contributed by atoms with E-state index in [9.17, 15) is 0 Å². The normalized spacial score (nSPS) is 21.2. The Kier molecular flexibility index (Phi) is 7.87. The van der Waals surface area contributed by atoms with Gasteiger partial charge < -0.3 is 9.47 Å². The maximum absolute atomic E-state index is 6.15. The summed E-state index contributed by atoms with van der Waals surface area (Å²) in [4.78, 5) is 0. The van der Waals surface area contributed by atoms with Crippen LogP contribution in [0.4, 0.5) is 0 Å². The van der Waals surface area contributed by atoms with Crippen molar-refractivity contribution in [1.29, 1.82) is 0 Å². The average molecular weight is 429 g/mol. The first kappa shape index (κ1) is 22.5. The van der Waals surface area contributed by atoms with Gasteiger partial charge in [0.05, 0.1) is 0 Å². The molecule has 2 aromatic rings. The fourth-order valence-electron chi connectivity index (χ4n) is 4.76. The van der Waals surface area contributed by atoms with Crippen LogP contribution in [-0.2, 0) is 0 Å². The Balaban J connectivity index is 1.50. The van der Waals surface area contributed by atoms with Crippen LogP contribution >= 0.6 is 0 Å². The molecule has 0 heterocycles. The van der Waals surface area contributed by atoms with Crippen molar-refractivity contribution in [3.8, 4) is 11.5 Å². The van der Waals surface area contributed by atoms with E-state index in [1.165, 1.54) is 48.0 Å². The molecule has 2 heteroatoms. The van der Waals surface area contributed by atoms with Crippen LogP contribution in [0.3, 0.4) is 0 Å². The molecule has 0 N–H and O–H groups in total. The molecule has 0 fully saturated rings. The van der Waals surface area contributed by atoms with Crippen LogP contribution < -0.4 is 9.47 Å². The van der Waals surface area contributed by atoms with E-state index < -0.39 is 0 Å². The zero-order chi connectivity index (χ0) is 22.2. The molecule has 32 heavy (non-hydrogen) atoms. The van der Waals surface area contributed by atoms with Crippen LogP contribution in [0.1, 0.15) is 76.3 Å². The number of ether oxygens (including phenoxy) is 2. The maximum Gasteiger partial charge on any atom is 0.120 e. The van der Waals surface area contributed by atoms with Gasteiger partial charge in [-0.3, -0.25) is 0 Å². The van der Waals surface area contributed by atoms with E-state index >= 15 is 0 Å². The van der Waals surface area contributed by atoms with E-state index in [0.29, 0.717) is 0 Å². The van der Waals surface area contributed by atoms with Gasteiger partial charge in [0.2, 0.25) is 0 Å².